The number of thioether (sulfide) groups is 1. The Morgan fingerprint density at radius 2 is 2.20 bits per heavy atom. The second-order valence-electron chi connectivity index (χ2n) is 4.88. The van der Waals surface area contributed by atoms with Crippen LogP contribution in [0.5, 0.6) is 0 Å². The highest BCUT2D eigenvalue weighted by atomic mass is 35.5. The zero-order chi connectivity index (χ0) is 14.9. The average Bonchev–Trinajstić information content (AvgIpc) is 2.93. The number of aliphatic hydroxyl groups excluding tert-OH is 1. The number of aliphatic hydroxyl groups is 1. The van der Waals surface area contributed by atoms with E-state index < -0.39 is 10.0 Å². The average molecular weight is 336 g/mol. The first kappa shape index (κ1) is 16.1. The number of rotatable bonds is 4. The lowest BCUT2D eigenvalue weighted by molar-refractivity contribution is 0.280. The molecule has 1 atom stereocenters. The van der Waals surface area contributed by atoms with Crippen LogP contribution in [0.3, 0.4) is 0 Å². The van der Waals surface area contributed by atoms with Crippen molar-refractivity contribution >= 4 is 33.4 Å². The van der Waals surface area contributed by atoms with Gasteiger partial charge in [-0.1, -0.05) is 11.6 Å². The zero-order valence-corrected chi connectivity index (χ0v) is 13.9. The summed E-state index contributed by atoms with van der Waals surface area (Å²) in [5.74, 6) is 1.81. The van der Waals surface area contributed by atoms with Gasteiger partial charge in [0.15, 0.2) is 0 Å². The normalized spacial score (nSPS) is 19.8. The van der Waals surface area contributed by atoms with Crippen LogP contribution in [0.15, 0.2) is 17.0 Å². The van der Waals surface area contributed by atoms with Gasteiger partial charge in [0.25, 0.3) is 0 Å². The molecule has 1 saturated heterocycles. The summed E-state index contributed by atoms with van der Waals surface area (Å²) < 4.78 is 26.9. The Balaban J connectivity index is 2.45. The summed E-state index contributed by atoms with van der Waals surface area (Å²) in [7, 11) is -1.97. The number of sulfonamides is 1. The van der Waals surface area contributed by atoms with E-state index in [1.54, 1.807) is 31.8 Å². The summed E-state index contributed by atoms with van der Waals surface area (Å²) in [6, 6.07) is 3.09. The maximum atomic E-state index is 12.7. The van der Waals surface area contributed by atoms with Crippen molar-refractivity contribution < 1.29 is 13.5 Å². The van der Waals surface area contributed by atoms with Crippen molar-refractivity contribution in [2.75, 3.05) is 18.6 Å². The molecule has 0 saturated carbocycles. The third-order valence-corrected chi connectivity index (χ3v) is 7.08. The van der Waals surface area contributed by atoms with Crippen LogP contribution in [0.25, 0.3) is 0 Å². The fourth-order valence-electron chi connectivity index (χ4n) is 2.30. The minimum absolute atomic E-state index is 0.0287. The number of nitrogens with zero attached hydrogens (tertiary/aromatic N) is 1. The molecule has 0 aromatic heterocycles. The van der Waals surface area contributed by atoms with Gasteiger partial charge in [0.05, 0.1) is 11.5 Å². The van der Waals surface area contributed by atoms with Crippen LogP contribution in [-0.4, -0.2) is 42.4 Å². The zero-order valence-electron chi connectivity index (χ0n) is 11.5. The predicted molar refractivity (Wildman–Crippen MR) is 82.8 cm³/mol. The van der Waals surface area contributed by atoms with Gasteiger partial charge < -0.3 is 5.11 Å². The third-order valence-electron chi connectivity index (χ3n) is 3.68. The number of hydrogen-bond acceptors (Lipinski definition) is 4. The molecule has 1 fully saturated rings. The molecule has 1 aromatic carbocycles. The van der Waals surface area contributed by atoms with Crippen molar-refractivity contribution in [2.45, 2.75) is 30.9 Å². The second kappa shape index (κ2) is 6.23. The summed E-state index contributed by atoms with van der Waals surface area (Å²) in [5.41, 5.74) is 1.11. The van der Waals surface area contributed by atoms with E-state index in [4.69, 9.17) is 11.6 Å². The summed E-state index contributed by atoms with van der Waals surface area (Å²) in [5, 5.41) is 9.64. The molecule has 20 heavy (non-hydrogen) atoms. The molecule has 0 radical (unpaired) electrons. The van der Waals surface area contributed by atoms with E-state index in [9.17, 15) is 13.5 Å². The minimum atomic E-state index is -3.58. The molecule has 1 aromatic rings. The van der Waals surface area contributed by atoms with E-state index in [1.807, 2.05) is 0 Å². The lowest BCUT2D eigenvalue weighted by atomic mass is 10.1. The van der Waals surface area contributed by atoms with Gasteiger partial charge >= 0.3 is 0 Å². The van der Waals surface area contributed by atoms with Crippen LogP contribution < -0.4 is 0 Å². The monoisotopic (exact) mass is 335 g/mol. The predicted octanol–water partition coefficient (Wildman–Crippen LogP) is 2.27. The van der Waals surface area contributed by atoms with E-state index in [0.29, 0.717) is 16.1 Å². The lowest BCUT2D eigenvalue weighted by Crippen LogP contribution is -2.37. The molecule has 7 heteroatoms. The fraction of sp³-hybridized carbons (Fsp3) is 0.538. The van der Waals surface area contributed by atoms with Crippen molar-refractivity contribution in [2.24, 2.45) is 0 Å². The first-order valence-electron chi connectivity index (χ1n) is 6.33. The molecule has 1 N–H and O–H groups in total. The van der Waals surface area contributed by atoms with Crippen LogP contribution in [0.1, 0.15) is 17.5 Å². The topological polar surface area (TPSA) is 57.6 Å². The maximum Gasteiger partial charge on any atom is 0.243 e. The summed E-state index contributed by atoms with van der Waals surface area (Å²) in [6.45, 7) is 1.48. The van der Waals surface area contributed by atoms with Crippen LogP contribution >= 0.6 is 23.4 Å². The maximum absolute atomic E-state index is 12.7. The van der Waals surface area contributed by atoms with Gasteiger partial charge in [-0.25, -0.2) is 8.42 Å². The van der Waals surface area contributed by atoms with Gasteiger partial charge in [0.1, 0.15) is 0 Å². The van der Waals surface area contributed by atoms with Gasteiger partial charge in [-0.15, -0.1) is 0 Å². The van der Waals surface area contributed by atoms with Crippen LogP contribution in [0, 0.1) is 6.92 Å². The van der Waals surface area contributed by atoms with E-state index in [-0.39, 0.29) is 17.5 Å². The summed E-state index contributed by atoms with van der Waals surface area (Å²) in [4.78, 5) is 0.188. The standard InChI is InChI=1S/C13H18ClNO3S2/c1-9-10(7-16)5-11(14)6-13(9)20(17,18)15(2)12-3-4-19-8-12/h5-6,12,16H,3-4,7-8H2,1-2H3. The number of hydrogen-bond donors (Lipinski definition) is 1. The lowest BCUT2D eigenvalue weighted by Gasteiger charge is -2.24. The van der Waals surface area contributed by atoms with E-state index in [2.05, 4.69) is 0 Å². The highest BCUT2D eigenvalue weighted by Crippen LogP contribution is 2.30. The van der Waals surface area contributed by atoms with Crippen LogP contribution in [-0.2, 0) is 16.6 Å². The quantitative estimate of drug-likeness (QED) is 0.917. The van der Waals surface area contributed by atoms with Gasteiger partial charge in [-0.05, 0) is 42.4 Å². The summed E-state index contributed by atoms with van der Waals surface area (Å²) >= 11 is 7.74. The Hall–Kier alpha value is -0.270. The highest BCUT2D eigenvalue weighted by Gasteiger charge is 2.32. The van der Waals surface area contributed by atoms with E-state index >= 15 is 0 Å². The molecule has 0 aliphatic carbocycles. The molecule has 4 nitrogen and oxygen atoms in total. The summed E-state index contributed by atoms with van der Waals surface area (Å²) in [6.07, 6.45) is 0.868. The largest absolute Gasteiger partial charge is 0.392 e. The van der Waals surface area contributed by atoms with E-state index in [0.717, 1.165) is 17.9 Å². The van der Waals surface area contributed by atoms with Gasteiger partial charge in [-0.3, -0.25) is 0 Å². The molecule has 0 amide bonds. The molecule has 0 bridgehead atoms. The molecule has 0 spiro atoms. The molecular weight excluding hydrogens is 318 g/mol. The third kappa shape index (κ3) is 2.99. The Kier molecular flexibility index (Phi) is 5.02. The first-order chi connectivity index (χ1) is 9.37. The second-order valence-corrected chi connectivity index (χ2v) is 8.44. The number of halogens is 1. The van der Waals surface area contributed by atoms with Crippen molar-refractivity contribution in [3.05, 3.63) is 28.3 Å². The van der Waals surface area contributed by atoms with Crippen LogP contribution in [0.2, 0.25) is 5.02 Å². The van der Waals surface area contributed by atoms with Gasteiger partial charge in [0, 0.05) is 23.9 Å². The van der Waals surface area contributed by atoms with Crippen molar-refractivity contribution in [1.82, 2.24) is 4.31 Å². The molecule has 1 aliphatic heterocycles. The first-order valence-corrected chi connectivity index (χ1v) is 9.31. The Morgan fingerprint density at radius 3 is 2.75 bits per heavy atom. The smallest absolute Gasteiger partial charge is 0.243 e. The SMILES string of the molecule is Cc1c(CO)cc(Cl)cc1S(=O)(=O)N(C)C1CCSC1. The molecule has 1 aliphatic rings. The molecule has 112 valence electrons. The van der Waals surface area contributed by atoms with E-state index in [1.165, 1.54) is 10.4 Å². The van der Waals surface area contributed by atoms with Gasteiger partial charge in [0.2, 0.25) is 10.0 Å². The van der Waals surface area contributed by atoms with Gasteiger partial charge in [-0.2, -0.15) is 16.1 Å². The fourth-order valence-corrected chi connectivity index (χ4v) is 5.64. The molecule has 1 unspecified atom stereocenters. The molecular formula is C13H18ClNO3S2. The van der Waals surface area contributed by atoms with Crippen LogP contribution in [0.4, 0.5) is 0 Å². The Bertz CT molecular complexity index is 598. The molecule has 1 heterocycles. The number of benzene rings is 1. The van der Waals surface area contributed by atoms with Crippen molar-refractivity contribution in [3.8, 4) is 0 Å². The minimum Gasteiger partial charge on any atom is -0.392 e. The molecule has 2 rings (SSSR count). The van der Waals surface area contributed by atoms with Crippen molar-refractivity contribution in [1.29, 1.82) is 0 Å². The highest BCUT2D eigenvalue weighted by molar-refractivity contribution is 7.99. The Morgan fingerprint density at radius 1 is 1.50 bits per heavy atom. The Labute approximate surface area is 129 Å². The van der Waals surface area contributed by atoms with Crippen molar-refractivity contribution in [3.63, 3.8) is 0 Å².